The molecule has 2 aromatic carbocycles. The topological polar surface area (TPSA) is 38.3 Å². The summed E-state index contributed by atoms with van der Waals surface area (Å²) in [5.41, 5.74) is 5.07. The largest absolute Gasteiger partial charge is 0.483 e. The van der Waals surface area contributed by atoms with Gasteiger partial charge in [-0.25, -0.2) is 0 Å². The van der Waals surface area contributed by atoms with Gasteiger partial charge in [-0.2, -0.15) is 0 Å². The van der Waals surface area contributed by atoms with E-state index in [-0.39, 0.29) is 12.5 Å². The second-order valence-corrected chi connectivity index (χ2v) is 5.38. The van der Waals surface area contributed by atoms with Crippen molar-refractivity contribution in [3.8, 4) is 5.75 Å². The number of benzene rings is 2. The highest BCUT2D eigenvalue weighted by molar-refractivity contribution is 5.92. The number of carbonyl (C=O) groups excluding carboxylic acids is 1. The fraction of sp³-hybridized carbons (Fsp3) is 0.278. The van der Waals surface area contributed by atoms with E-state index in [1.807, 2.05) is 64.1 Å². The van der Waals surface area contributed by atoms with Gasteiger partial charge in [-0.05, 0) is 56.0 Å². The van der Waals surface area contributed by atoms with E-state index in [1.165, 1.54) is 0 Å². The first-order valence-electron chi connectivity index (χ1n) is 7.03. The van der Waals surface area contributed by atoms with Crippen molar-refractivity contribution in [2.75, 3.05) is 11.9 Å². The molecule has 21 heavy (non-hydrogen) atoms. The molecule has 3 heteroatoms. The fourth-order valence-electron chi connectivity index (χ4n) is 2.22. The maximum absolute atomic E-state index is 12.0. The molecule has 0 spiro atoms. The van der Waals surface area contributed by atoms with Gasteiger partial charge in [0.1, 0.15) is 5.75 Å². The zero-order chi connectivity index (χ0) is 15.4. The molecule has 0 aliphatic carbocycles. The Morgan fingerprint density at radius 1 is 1.00 bits per heavy atom. The third-order valence-corrected chi connectivity index (χ3v) is 3.42. The lowest BCUT2D eigenvalue weighted by atomic mass is 10.1. The van der Waals surface area contributed by atoms with Gasteiger partial charge in [-0.1, -0.05) is 30.3 Å². The fourth-order valence-corrected chi connectivity index (χ4v) is 2.22. The highest BCUT2D eigenvalue weighted by Gasteiger charge is 2.08. The summed E-state index contributed by atoms with van der Waals surface area (Å²) in [6, 6.07) is 11.9. The van der Waals surface area contributed by atoms with Crippen LogP contribution in [0.15, 0.2) is 36.4 Å². The molecule has 0 heterocycles. The molecule has 110 valence electrons. The maximum atomic E-state index is 12.0. The predicted octanol–water partition coefficient (Wildman–Crippen LogP) is 3.94. The molecule has 2 aromatic rings. The molecule has 0 radical (unpaired) electrons. The van der Waals surface area contributed by atoms with Gasteiger partial charge in [0.2, 0.25) is 0 Å². The van der Waals surface area contributed by atoms with Crippen molar-refractivity contribution in [2.24, 2.45) is 0 Å². The van der Waals surface area contributed by atoms with Crippen molar-refractivity contribution in [3.63, 3.8) is 0 Å². The van der Waals surface area contributed by atoms with Crippen LogP contribution in [0.2, 0.25) is 0 Å². The Kier molecular flexibility index (Phi) is 4.63. The second-order valence-electron chi connectivity index (χ2n) is 5.38. The number of nitrogens with one attached hydrogen (secondary N) is 1. The molecule has 0 unspecified atom stereocenters. The predicted molar refractivity (Wildman–Crippen MR) is 86.0 cm³/mol. The van der Waals surface area contributed by atoms with Crippen LogP contribution in [0.4, 0.5) is 5.69 Å². The summed E-state index contributed by atoms with van der Waals surface area (Å²) >= 11 is 0. The molecule has 1 amide bonds. The van der Waals surface area contributed by atoms with E-state index < -0.39 is 0 Å². The first-order valence-corrected chi connectivity index (χ1v) is 7.03. The molecule has 0 saturated heterocycles. The van der Waals surface area contributed by atoms with Crippen LogP contribution >= 0.6 is 0 Å². The van der Waals surface area contributed by atoms with Gasteiger partial charge in [0.15, 0.2) is 6.61 Å². The third kappa shape index (κ3) is 3.85. The average Bonchev–Trinajstić information content (AvgIpc) is 2.42. The first-order chi connectivity index (χ1) is 9.97. The summed E-state index contributed by atoms with van der Waals surface area (Å²) in [6.45, 7) is 7.94. The summed E-state index contributed by atoms with van der Waals surface area (Å²) < 4.78 is 5.66. The lowest BCUT2D eigenvalue weighted by Crippen LogP contribution is -2.21. The summed E-state index contributed by atoms with van der Waals surface area (Å²) in [6.07, 6.45) is 0. The van der Waals surface area contributed by atoms with E-state index in [1.54, 1.807) is 0 Å². The van der Waals surface area contributed by atoms with E-state index in [0.717, 1.165) is 33.7 Å². The lowest BCUT2D eigenvalue weighted by molar-refractivity contribution is -0.118. The highest BCUT2D eigenvalue weighted by atomic mass is 16.5. The lowest BCUT2D eigenvalue weighted by Gasteiger charge is -2.13. The number of hydrogen-bond acceptors (Lipinski definition) is 2. The summed E-state index contributed by atoms with van der Waals surface area (Å²) in [5.74, 6) is 0.639. The molecule has 0 bridgehead atoms. The number of ether oxygens (including phenoxy) is 1. The number of para-hydroxylation sites is 1. The molecule has 2 rings (SSSR count). The van der Waals surface area contributed by atoms with E-state index in [4.69, 9.17) is 4.74 Å². The number of carbonyl (C=O) groups is 1. The van der Waals surface area contributed by atoms with Crippen molar-refractivity contribution in [1.82, 2.24) is 0 Å². The minimum absolute atomic E-state index is 0.0130. The number of rotatable bonds is 4. The van der Waals surface area contributed by atoms with Crippen LogP contribution in [-0.2, 0) is 4.79 Å². The molecule has 0 aromatic heterocycles. The number of hydrogen-bond donors (Lipinski definition) is 1. The van der Waals surface area contributed by atoms with Crippen molar-refractivity contribution >= 4 is 11.6 Å². The molecule has 0 atom stereocenters. The van der Waals surface area contributed by atoms with E-state index in [2.05, 4.69) is 5.32 Å². The quantitative estimate of drug-likeness (QED) is 0.923. The highest BCUT2D eigenvalue weighted by Crippen LogP contribution is 2.22. The van der Waals surface area contributed by atoms with Crippen molar-refractivity contribution < 1.29 is 9.53 Å². The number of aryl methyl sites for hydroxylation is 4. The Morgan fingerprint density at radius 2 is 1.67 bits per heavy atom. The number of anilines is 1. The Labute approximate surface area is 126 Å². The Morgan fingerprint density at radius 3 is 2.33 bits per heavy atom. The van der Waals surface area contributed by atoms with Gasteiger partial charge in [-0.3, -0.25) is 4.79 Å². The van der Waals surface area contributed by atoms with Crippen LogP contribution in [0, 0.1) is 27.7 Å². The van der Waals surface area contributed by atoms with Gasteiger partial charge in [0, 0.05) is 5.69 Å². The normalized spacial score (nSPS) is 10.3. The van der Waals surface area contributed by atoms with Crippen LogP contribution in [0.5, 0.6) is 5.75 Å². The molecular weight excluding hydrogens is 262 g/mol. The Hall–Kier alpha value is -2.29. The summed E-state index contributed by atoms with van der Waals surface area (Å²) in [5, 5.41) is 2.90. The van der Waals surface area contributed by atoms with E-state index in [0.29, 0.717) is 0 Å². The van der Waals surface area contributed by atoms with Gasteiger partial charge in [0.25, 0.3) is 5.91 Å². The maximum Gasteiger partial charge on any atom is 0.262 e. The summed E-state index contributed by atoms with van der Waals surface area (Å²) in [4.78, 5) is 12.0. The van der Waals surface area contributed by atoms with Crippen LogP contribution in [0.3, 0.4) is 0 Å². The standard InChI is InChI=1S/C18H21NO2/c1-12-8-9-13(2)16(10-12)19-17(20)11-21-18-14(3)6-5-7-15(18)4/h5-10H,11H2,1-4H3,(H,19,20). The molecule has 0 aliphatic rings. The van der Waals surface area contributed by atoms with Crippen molar-refractivity contribution in [2.45, 2.75) is 27.7 Å². The molecular formula is C18H21NO2. The Bertz CT molecular complexity index is 642. The zero-order valence-electron chi connectivity index (χ0n) is 13.0. The van der Waals surface area contributed by atoms with Crippen LogP contribution < -0.4 is 10.1 Å². The van der Waals surface area contributed by atoms with Crippen LogP contribution in [0.1, 0.15) is 22.3 Å². The molecule has 0 fully saturated rings. The SMILES string of the molecule is Cc1ccc(C)c(NC(=O)COc2c(C)cccc2C)c1. The molecule has 0 saturated carbocycles. The first kappa shape index (κ1) is 15.1. The van der Waals surface area contributed by atoms with E-state index in [9.17, 15) is 4.79 Å². The van der Waals surface area contributed by atoms with Crippen LogP contribution in [0.25, 0.3) is 0 Å². The molecule has 1 N–H and O–H groups in total. The molecule has 0 aliphatic heterocycles. The molecule has 3 nitrogen and oxygen atoms in total. The van der Waals surface area contributed by atoms with Gasteiger partial charge >= 0.3 is 0 Å². The van der Waals surface area contributed by atoms with Gasteiger partial charge in [0.05, 0.1) is 0 Å². The minimum atomic E-state index is -0.147. The average molecular weight is 283 g/mol. The van der Waals surface area contributed by atoms with Crippen molar-refractivity contribution in [1.29, 1.82) is 0 Å². The van der Waals surface area contributed by atoms with Crippen LogP contribution in [-0.4, -0.2) is 12.5 Å². The monoisotopic (exact) mass is 283 g/mol. The zero-order valence-corrected chi connectivity index (χ0v) is 13.0. The smallest absolute Gasteiger partial charge is 0.262 e. The Balaban J connectivity index is 2.01. The second kappa shape index (κ2) is 6.44. The third-order valence-electron chi connectivity index (χ3n) is 3.42. The number of amides is 1. The van der Waals surface area contributed by atoms with E-state index >= 15 is 0 Å². The van der Waals surface area contributed by atoms with Gasteiger partial charge < -0.3 is 10.1 Å². The minimum Gasteiger partial charge on any atom is -0.483 e. The van der Waals surface area contributed by atoms with Crippen molar-refractivity contribution in [3.05, 3.63) is 58.7 Å². The van der Waals surface area contributed by atoms with Gasteiger partial charge in [-0.15, -0.1) is 0 Å². The summed E-state index contributed by atoms with van der Waals surface area (Å²) in [7, 11) is 0.